The average molecular weight is 272 g/mol. The lowest BCUT2D eigenvalue weighted by molar-refractivity contribution is 0.415. The molecule has 1 aliphatic heterocycles. The quantitative estimate of drug-likeness (QED) is 0.758. The summed E-state index contributed by atoms with van der Waals surface area (Å²) in [4.78, 5) is 2.01. The molecule has 2 rings (SSSR count). The fourth-order valence-electron chi connectivity index (χ4n) is 2.35. The van der Waals surface area contributed by atoms with E-state index in [0.717, 1.165) is 22.7 Å². The molecular formula is C13H15Cl2NO. The Kier molecular flexibility index (Phi) is 2.83. The molecule has 0 atom stereocenters. The van der Waals surface area contributed by atoms with Crippen molar-refractivity contribution >= 4 is 28.9 Å². The Bertz CT molecular complexity index is 509. The molecule has 0 bridgehead atoms. The third-order valence-electron chi connectivity index (χ3n) is 3.46. The maximum absolute atomic E-state index is 6.33. The third-order valence-corrected chi connectivity index (χ3v) is 4.25. The van der Waals surface area contributed by atoms with Crippen LogP contribution in [0.25, 0.3) is 0 Å². The third kappa shape index (κ3) is 1.54. The van der Waals surface area contributed by atoms with Crippen molar-refractivity contribution in [3.05, 3.63) is 34.0 Å². The predicted molar refractivity (Wildman–Crippen MR) is 73.6 cm³/mol. The van der Waals surface area contributed by atoms with E-state index in [1.165, 1.54) is 0 Å². The molecule has 4 heteroatoms. The zero-order valence-corrected chi connectivity index (χ0v) is 11.9. The number of hydrogen-bond donors (Lipinski definition) is 0. The molecule has 0 radical (unpaired) electrons. The second kappa shape index (κ2) is 3.82. The van der Waals surface area contributed by atoms with Crippen LogP contribution in [0.3, 0.4) is 0 Å². The summed E-state index contributed by atoms with van der Waals surface area (Å²) in [5.41, 5.74) is 2.68. The van der Waals surface area contributed by atoms with Gasteiger partial charge in [-0.3, -0.25) is 0 Å². The van der Waals surface area contributed by atoms with Crippen LogP contribution in [0, 0.1) is 0 Å². The number of rotatable bonds is 1. The number of fused-ring (bicyclic) bond motifs is 1. The first-order chi connectivity index (χ1) is 7.82. The first-order valence-electron chi connectivity index (χ1n) is 5.32. The van der Waals surface area contributed by atoms with Crippen molar-refractivity contribution in [1.82, 2.24) is 0 Å². The Morgan fingerprint density at radius 3 is 2.47 bits per heavy atom. The first kappa shape index (κ1) is 12.6. The molecule has 0 unspecified atom stereocenters. The van der Waals surface area contributed by atoms with Crippen LogP contribution >= 0.6 is 23.2 Å². The highest BCUT2D eigenvalue weighted by atomic mass is 35.5. The van der Waals surface area contributed by atoms with E-state index in [2.05, 4.69) is 20.4 Å². The molecular weight excluding hydrogens is 257 g/mol. The Morgan fingerprint density at radius 2 is 1.94 bits per heavy atom. The average Bonchev–Trinajstić information content (AvgIpc) is 2.45. The summed E-state index contributed by atoms with van der Waals surface area (Å²) in [6.45, 7) is 8.28. The minimum absolute atomic E-state index is 0.237. The molecule has 0 aliphatic carbocycles. The van der Waals surface area contributed by atoms with E-state index in [1.807, 2.05) is 11.9 Å². The van der Waals surface area contributed by atoms with Gasteiger partial charge in [-0.1, -0.05) is 43.6 Å². The van der Waals surface area contributed by atoms with E-state index in [4.69, 9.17) is 27.9 Å². The van der Waals surface area contributed by atoms with Gasteiger partial charge in [0.25, 0.3) is 0 Å². The fourth-order valence-corrected chi connectivity index (χ4v) is 2.92. The summed E-state index contributed by atoms with van der Waals surface area (Å²) in [6, 6.07) is 1.74. The van der Waals surface area contributed by atoms with Crippen molar-refractivity contribution in [2.45, 2.75) is 19.3 Å². The molecule has 0 spiro atoms. The lowest BCUT2D eigenvalue weighted by Gasteiger charge is -2.22. The van der Waals surface area contributed by atoms with Gasteiger partial charge in [0.05, 0.1) is 22.8 Å². The Morgan fingerprint density at radius 1 is 1.35 bits per heavy atom. The Labute approximate surface area is 112 Å². The van der Waals surface area contributed by atoms with Crippen LogP contribution in [0.4, 0.5) is 5.69 Å². The van der Waals surface area contributed by atoms with Crippen LogP contribution in [0.2, 0.25) is 10.0 Å². The summed E-state index contributed by atoms with van der Waals surface area (Å²) >= 11 is 12.5. The zero-order valence-electron chi connectivity index (χ0n) is 10.4. The molecule has 0 amide bonds. The van der Waals surface area contributed by atoms with Crippen LogP contribution in [-0.2, 0) is 5.41 Å². The molecule has 0 aromatic heterocycles. The standard InChI is InChI=1S/C13H15Cl2NO/c1-7-13(2,3)10-11(15)8(14)6-9(17-5)12(10)16(7)4/h6H,1H2,2-5H3. The van der Waals surface area contributed by atoms with Crippen LogP contribution in [-0.4, -0.2) is 14.2 Å². The highest BCUT2D eigenvalue weighted by Crippen LogP contribution is 2.55. The number of nitrogens with zero attached hydrogens (tertiary/aromatic N) is 1. The van der Waals surface area contributed by atoms with Crippen molar-refractivity contribution in [1.29, 1.82) is 0 Å². The van der Waals surface area contributed by atoms with E-state index in [1.54, 1.807) is 13.2 Å². The topological polar surface area (TPSA) is 12.5 Å². The summed E-state index contributed by atoms with van der Waals surface area (Å²) in [5, 5.41) is 1.09. The monoisotopic (exact) mass is 271 g/mol. The van der Waals surface area contributed by atoms with Gasteiger partial charge in [0, 0.05) is 29.8 Å². The number of likely N-dealkylation sites (N-methyl/N-ethyl adjacent to an activating group) is 1. The number of hydrogen-bond acceptors (Lipinski definition) is 2. The molecule has 0 saturated carbocycles. The van der Waals surface area contributed by atoms with E-state index in [-0.39, 0.29) is 5.41 Å². The second-order valence-corrected chi connectivity index (χ2v) is 5.51. The van der Waals surface area contributed by atoms with Crippen LogP contribution < -0.4 is 9.64 Å². The lowest BCUT2D eigenvalue weighted by Crippen LogP contribution is -2.21. The van der Waals surface area contributed by atoms with Gasteiger partial charge in [0.2, 0.25) is 0 Å². The van der Waals surface area contributed by atoms with Gasteiger partial charge < -0.3 is 9.64 Å². The Hall–Kier alpha value is -0.860. The number of allylic oxidation sites excluding steroid dienone is 1. The largest absolute Gasteiger partial charge is 0.495 e. The van der Waals surface area contributed by atoms with Crippen LogP contribution in [0.1, 0.15) is 19.4 Å². The zero-order chi connectivity index (χ0) is 13.0. The minimum Gasteiger partial charge on any atom is -0.495 e. The summed E-state index contributed by atoms with van der Waals surface area (Å²) in [7, 11) is 3.59. The van der Waals surface area contributed by atoms with Gasteiger partial charge in [-0.05, 0) is 0 Å². The van der Waals surface area contributed by atoms with E-state index in [0.29, 0.717) is 10.0 Å². The van der Waals surface area contributed by atoms with Gasteiger partial charge in [0.15, 0.2) is 0 Å². The van der Waals surface area contributed by atoms with Crippen LogP contribution in [0.15, 0.2) is 18.3 Å². The van der Waals surface area contributed by atoms with E-state index in [9.17, 15) is 0 Å². The molecule has 0 fully saturated rings. The smallest absolute Gasteiger partial charge is 0.144 e. The number of ether oxygens (including phenoxy) is 1. The van der Waals surface area contributed by atoms with E-state index >= 15 is 0 Å². The van der Waals surface area contributed by atoms with Crippen LogP contribution in [0.5, 0.6) is 5.75 Å². The van der Waals surface area contributed by atoms with Gasteiger partial charge in [-0.25, -0.2) is 0 Å². The first-order valence-corrected chi connectivity index (χ1v) is 6.07. The van der Waals surface area contributed by atoms with Gasteiger partial charge >= 0.3 is 0 Å². The molecule has 1 aromatic carbocycles. The Balaban J connectivity index is 2.85. The van der Waals surface area contributed by atoms with Crippen molar-refractivity contribution < 1.29 is 4.74 Å². The number of methoxy groups -OCH3 is 1. The molecule has 1 aromatic rings. The van der Waals surface area contributed by atoms with Gasteiger partial charge in [0.1, 0.15) is 5.75 Å². The van der Waals surface area contributed by atoms with Crippen molar-refractivity contribution in [3.63, 3.8) is 0 Å². The van der Waals surface area contributed by atoms with E-state index < -0.39 is 0 Å². The highest BCUT2D eigenvalue weighted by Gasteiger charge is 2.41. The molecule has 0 N–H and O–H groups in total. The predicted octanol–water partition coefficient (Wildman–Crippen LogP) is 4.24. The highest BCUT2D eigenvalue weighted by molar-refractivity contribution is 6.43. The maximum Gasteiger partial charge on any atom is 0.144 e. The maximum atomic E-state index is 6.33. The molecule has 17 heavy (non-hydrogen) atoms. The summed E-state index contributed by atoms with van der Waals surface area (Å²) in [5.74, 6) is 0.726. The second-order valence-electron chi connectivity index (χ2n) is 4.73. The normalized spacial score (nSPS) is 17.3. The summed E-state index contributed by atoms with van der Waals surface area (Å²) in [6.07, 6.45) is 0. The van der Waals surface area contributed by atoms with Crippen molar-refractivity contribution in [2.75, 3.05) is 19.1 Å². The van der Waals surface area contributed by atoms with Gasteiger partial charge in [-0.15, -0.1) is 0 Å². The number of benzene rings is 1. The molecule has 92 valence electrons. The van der Waals surface area contributed by atoms with Crippen molar-refractivity contribution in [3.8, 4) is 5.75 Å². The molecule has 1 aliphatic rings. The molecule has 1 heterocycles. The molecule has 0 saturated heterocycles. The number of anilines is 1. The van der Waals surface area contributed by atoms with Crippen molar-refractivity contribution in [2.24, 2.45) is 0 Å². The summed E-state index contributed by atoms with van der Waals surface area (Å²) < 4.78 is 5.38. The minimum atomic E-state index is -0.237. The SMILES string of the molecule is C=C1N(C)c2c(OC)cc(Cl)c(Cl)c2C1(C)C. The fraction of sp³-hybridized carbons (Fsp3) is 0.385. The lowest BCUT2D eigenvalue weighted by atomic mass is 9.84. The van der Waals surface area contributed by atoms with Gasteiger partial charge in [-0.2, -0.15) is 0 Å². The molecule has 2 nitrogen and oxygen atoms in total. The number of halogens is 2.